The third kappa shape index (κ3) is 3.74. The number of halogens is 1. The van der Waals surface area contributed by atoms with Gasteiger partial charge in [-0.25, -0.2) is 19.0 Å². The number of nitrogens with one attached hydrogen (secondary N) is 1. The van der Waals surface area contributed by atoms with Crippen molar-refractivity contribution in [2.75, 3.05) is 18.0 Å². The van der Waals surface area contributed by atoms with Crippen LogP contribution in [0.15, 0.2) is 55.1 Å². The molecule has 8 nitrogen and oxygen atoms in total. The summed E-state index contributed by atoms with van der Waals surface area (Å²) < 4.78 is 16.7. The van der Waals surface area contributed by atoms with Crippen LogP contribution in [0.3, 0.4) is 0 Å². The zero-order valence-electron chi connectivity index (χ0n) is 17.1. The molecule has 0 saturated carbocycles. The van der Waals surface area contributed by atoms with E-state index in [4.69, 9.17) is 4.98 Å². The minimum Gasteiger partial charge on any atom is -0.353 e. The second-order valence-corrected chi connectivity index (χ2v) is 7.60. The van der Waals surface area contributed by atoms with Crippen molar-refractivity contribution in [2.45, 2.75) is 25.8 Å². The van der Waals surface area contributed by atoms with Crippen LogP contribution >= 0.6 is 0 Å². The van der Waals surface area contributed by atoms with E-state index >= 15 is 0 Å². The molecule has 0 unspecified atom stereocenters. The van der Waals surface area contributed by atoms with Gasteiger partial charge in [0.25, 0.3) is 5.91 Å². The van der Waals surface area contributed by atoms with Gasteiger partial charge in [0, 0.05) is 31.5 Å². The average molecular weight is 419 g/mol. The number of benzene rings is 1. The van der Waals surface area contributed by atoms with Crippen molar-refractivity contribution < 1.29 is 9.18 Å². The highest BCUT2D eigenvalue weighted by Gasteiger charge is 2.27. The number of amides is 1. The van der Waals surface area contributed by atoms with Crippen LogP contribution in [0.5, 0.6) is 0 Å². The highest BCUT2D eigenvalue weighted by atomic mass is 19.1. The number of carbonyl (C=O) groups is 1. The lowest BCUT2D eigenvalue weighted by molar-refractivity contribution is 0.0930. The molecule has 1 saturated heterocycles. The lowest BCUT2D eigenvalue weighted by Crippen LogP contribution is -2.37. The first-order chi connectivity index (χ1) is 15.1. The third-order valence-electron chi connectivity index (χ3n) is 5.52. The van der Waals surface area contributed by atoms with Gasteiger partial charge in [0.15, 0.2) is 5.82 Å². The van der Waals surface area contributed by atoms with Crippen molar-refractivity contribution in [2.24, 2.45) is 0 Å². The van der Waals surface area contributed by atoms with Crippen LogP contribution in [0.2, 0.25) is 0 Å². The molecule has 0 radical (unpaired) electrons. The molecule has 1 aliphatic heterocycles. The minimum atomic E-state index is -0.330. The number of anilines is 1. The third-order valence-corrected chi connectivity index (χ3v) is 5.52. The van der Waals surface area contributed by atoms with E-state index in [1.807, 2.05) is 12.3 Å². The average Bonchev–Trinajstić information content (AvgIpc) is 3.54. The Labute approximate surface area is 178 Å². The molecule has 1 fully saturated rings. The standard InChI is InChI=1S/C22H22FN7O/c1-2-16-12-28-10-3-4-19(28)21(25-16)29-11-9-17(13-29)26-22(31)20-24-14-30(27-20)18-7-5-15(23)6-8-18/h3-8,10,12,14,17H,2,9,11,13H2,1H3,(H,26,31)/t17-/m0/s1. The van der Waals surface area contributed by atoms with E-state index in [0.717, 1.165) is 36.4 Å². The van der Waals surface area contributed by atoms with E-state index in [0.29, 0.717) is 12.2 Å². The summed E-state index contributed by atoms with van der Waals surface area (Å²) >= 11 is 0. The van der Waals surface area contributed by atoms with E-state index in [1.54, 1.807) is 12.1 Å². The van der Waals surface area contributed by atoms with Gasteiger partial charge in [0.05, 0.1) is 16.9 Å². The SMILES string of the molecule is CCc1cn2cccc2c(N2CC[C@H](NC(=O)c3ncn(-c4ccc(F)cc4)n3)C2)n1. The van der Waals surface area contributed by atoms with Gasteiger partial charge in [0.1, 0.15) is 12.1 Å². The monoisotopic (exact) mass is 419 g/mol. The van der Waals surface area contributed by atoms with Crippen LogP contribution < -0.4 is 10.2 Å². The predicted molar refractivity (Wildman–Crippen MR) is 114 cm³/mol. The summed E-state index contributed by atoms with van der Waals surface area (Å²) in [5, 5.41) is 7.25. The van der Waals surface area contributed by atoms with E-state index < -0.39 is 0 Å². The Morgan fingerprint density at radius 3 is 2.90 bits per heavy atom. The van der Waals surface area contributed by atoms with Crippen molar-refractivity contribution in [3.05, 3.63) is 72.5 Å². The van der Waals surface area contributed by atoms with E-state index in [2.05, 4.69) is 43.9 Å². The van der Waals surface area contributed by atoms with Crippen LogP contribution in [0.25, 0.3) is 11.2 Å². The normalized spacial score (nSPS) is 16.2. The lowest BCUT2D eigenvalue weighted by Gasteiger charge is -2.20. The molecule has 1 aliphatic rings. The van der Waals surface area contributed by atoms with E-state index in [9.17, 15) is 9.18 Å². The molecule has 9 heteroatoms. The topological polar surface area (TPSA) is 80.4 Å². The number of hydrogen-bond acceptors (Lipinski definition) is 5. The lowest BCUT2D eigenvalue weighted by atomic mass is 10.2. The Kier molecular flexibility index (Phi) is 4.85. The number of carbonyl (C=O) groups excluding carboxylic acids is 1. The Bertz CT molecular complexity index is 1230. The molecule has 1 atom stereocenters. The zero-order valence-corrected chi connectivity index (χ0v) is 17.1. The van der Waals surface area contributed by atoms with Gasteiger partial charge in [-0.1, -0.05) is 6.92 Å². The van der Waals surface area contributed by atoms with Crippen LogP contribution in [-0.4, -0.2) is 49.2 Å². The van der Waals surface area contributed by atoms with Gasteiger partial charge in [-0.3, -0.25) is 4.79 Å². The largest absolute Gasteiger partial charge is 0.353 e. The summed E-state index contributed by atoms with van der Waals surface area (Å²) in [5.41, 5.74) is 2.73. The molecule has 0 bridgehead atoms. The van der Waals surface area contributed by atoms with Gasteiger partial charge in [-0.05, 0) is 49.2 Å². The molecular weight excluding hydrogens is 397 g/mol. The number of fused-ring (bicyclic) bond motifs is 1. The summed E-state index contributed by atoms with van der Waals surface area (Å²) in [7, 11) is 0. The maximum absolute atomic E-state index is 13.1. The Hall–Kier alpha value is -3.75. The van der Waals surface area contributed by atoms with Crippen LogP contribution in [0.4, 0.5) is 10.2 Å². The predicted octanol–water partition coefficient (Wildman–Crippen LogP) is 2.63. The summed E-state index contributed by atoms with van der Waals surface area (Å²) in [5.74, 6) is 0.377. The highest BCUT2D eigenvalue weighted by molar-refractivity contribution is 5.90. The van der Waals surface area contributed by atoms with Crippen molar-refractivity contribution in [3.8, 4) is 5.69 Å². The molecule has 4 aromatic rings. The summed E-state index contributed by atoms with van der Waals surface area (Å²) in [6, 6.07) is 9.90. The smallest absolute Gasteiger partial charge is 0.291 e. The Balaban J connectivity index is 1.28. The van der Waals surface area contributed by atoms with Gasteiger partial charge in [-0.2, -0.15) is 0 Å². The molecule has 5 rings (SSSR count). The summed E-state index contributed by atoms with van der Waals surface area (Å²) in [6.07, 6.45) is 7.20. The van der Waals surface area contributed by atoms with Crippen LogP contribution in [0.1, 0.15) is 29.7 Å². The molecule has 0 aliphatic carbocycles. The highest BCUT2D eigenvalue weighted by Crippen LogP contribution is 2.25. The van der Waals surface area contributed by atoms with Gasteiger partial charge in [-0.15, -0.1) is 5.10 Å². The second-order valence-electron chi connectivity index (χ2n) is 7.60. The minimum absolute atomic E-state index is 0.0210. The summed E-state index contributed by atoms with van der Waals surface area (Å²) in [6.45, 7) is 3.57. The first-order valence-corrected chi connectivity index (χ1v) is 10.3. The Morgan fingerprint density at radius 2 is 2.10 bits per heavy atom. The van der Waals surface area contributed by atoms with E-state index in [-0.39, 0.29) is 23.6 Å². The fourth-order valence-electron chi connectivity index (χ4n) is 3.89. The molecule has 4 heterocycles. The molecule has 1 amide bonds. The van der Waals surface area contributed by atoms with Gasteiger partial charge in [0.2, 0.25) is 5.82 Å². The molecule has 3 aromatic heterocycles. The molecule has 1 N–H and O–H groups in total. The van der Waals surface area contributed by atoms with Gasteiger partial charge < -0.3 is 14.6 Å². The number of rotatable bonds is 5. The molecular formula is C22H22FN7O. The quantitative estimate of drug-likeness (QED) is 0.538. The molecule has 0 spiro atoms. The van der Waals surface area contributed by atoms with Crippen molar-refractivity contribution in [1.29, 1.82) is 0 Å². The number of aromatic nitrogens is 5. The van der Waals surface area contributed by atoms with Crippen LogP contribution in [-0.2, 0) is 6.42 Å². The summed E-state index contributed by atoms with van der Waals surface area (Å²) in [4.78, 5) is 23.8. The fraction of sp³-hybridized carbons (Fsp3) is 0.273. The number of hydrogen-bond donors (Lipinski definition) is 1. The van der Waals surface area contributed by atoms with E-state index in [1.165, 1.54) is 23.1 Å². The maximum Gasteiger partial charge on any atom is 0.291 e. The molecule has 158 valence electrons. The maximum atomic E-state index is 13.1. The first kappa shape index (κ1) is 19.2. The first-order valence-electron chi connectivity index (χ1n) is 10.3. The fourth-order valence-corrected chi connectivity index (χ4v) is 3.89. The molecule has 31 heavy (non-hydrogen) atoms. The van der Waals surface area contributed by atoms with Crippen molar-refractivity contribution in [3.63, 3.8) is 0 Å². The zero-order chi connectivity index (χ0) is 21.4. The van der Waals surface area contributed by atoms with Crippen molar-refractivity contribution in [1.82, 2.24) is 29.5 Å². The van der Waals surface area contributed by atoms with Crippen LogP contribution in [0, 0.1) is 5.82 Å². The molecule has 1 aromatic carbocycles. The van der Waals surface area contributed by atoms with Crippen molar-refractivity contribution >= 4 is 17.2 Å². The number of nitrogens with zero attached hydrogens (tertiary/aromatic N) is 6. The van der Waals surface area contributed by atoms with Gasteiger partial charge >= 0.3 is 0 Å². The number of aryl methyl sites for hydroxylation is 1. The second kappa shape index (κ2) is 7.82. The Morgan fingerprint density at radius 1 is 1.26 bits per heavy atom.